The first-order chi connectivity index (χ1) is 7.78. The van der Waals surface area contributed by atoms with E-state index < -0.39 is 0 Å². The number of benzene rings is 1. The minimum atomic E-state index is -0.274. The van der Waals surface area contributed by atoms with Crippen molar-refractivity contribution in [3.63, 3.8) is 0 Å². The van der Waals surface area contributed by atoms with Crippen LogP contribution in [0.4, 0.5) is 4.39 Å². The molecule has 1 saturated carbocycles. The molecule has 0 spiro atoms. The number of rotatable bonds is 3. The summed E-state index contributed by atoms with van der Waals surface area (Å²) in [6.07, 6.45) is 6.11. The second-order valence-corrected chi connectivity index (χ2v) is 4.57. The highest BCUT2D eigenvalue weighted by molar-refractivity contribution is 6.17. The summed E-state index contributed by atoms with van der Waals surface area (Å²) >= 11 is 5.69. The van der Waals surface area contributed by atoms with Crippen LogP contribution in [-0.4, -0.2) is 6.10 Å². The van der Waals surface area contributed by atoms with E-state index in [-0.39, 0.29) is 11.9 Å². The van der Waals surface area contributed by atoms with Crippen molar-refractivity contribution >= 4 is 11.6 Å². The van der Waals surface area contributed by atoms with E-state index in [1.165, 1.54) is 31.4 Å². The van der Waals surface area contributed by atoms with Crippen LogP contribution in [0.5, 0.6) is 5.75 Å². The number of ether oxygens (including phenoxy) is 1. The summed E-state index contributed by atoms with van der Waals surface area (Å²) in [6.45, 7) is 0. The molecule has 0 unspecified atom stereocenters. The van der Waals surface area contributed by atoms with Gasteiger partial charge in [-0.05, 0) is 43.4 Å². The third-order valence-electron chi connectivity index (χ3n) is 2.94. The molecule has 1 aliphatic carbocycles. The maximum absolute atomic E-state index is 13.2. The monoisotopic (exact) mass is 242 g/mol. The van der Waals surface area contributed by atoms with Crippen LogP contribution in [0, 0.1) is 5.82 Å². The molecule has 88 valence electrons. The molecule has 1 aromatic carbocycles. The number of hydrogen-bond donors (Lipinski definition) is 0. The molecule has 0 heterocycles. The third kappa shape index (κ3) is 3.11. The van der Waals surface area contributed by atoms with Gasteiger partial charge in [-0.1, -0.05) is 6.42 Å². The van der Waals surface area contributed by atoms with E-state index in [0.29, 0.717) is 11.6 Å². The minimum absolute atomic E-state index is 0.249. The predicted molar refractivity (Wildman–Crippen MR) is 63.5 cm³/mol. The molecule has 2 rings (SSSR count). The molecule has 0 aliphatic heterocycles. The lowest BCUT2D eigenvalue weighted by Gasteiger charge is -2.23. The smallest absolute Gasteiger partial charge is 0.127 e. The van der Waals surface area contributed by atoms with Crippen LogP contribution in [-0.2, 0) is 5.88 Å². The van der Waals surface area contributed by atoms with E-state index in [9.17, 15) is 4.39 Å². The molecule has 0 amide bonds. The van der Waals surface area contributed by atoms with Crippen molar-refractivity contribution < 1.29 is 9.13 Å². The van der Waals surface area contributed by atoms with Crippen molar-refractivity contribution in [2.45, 2.75) is 44.1 Å². The summed E-state index contributed by atoms with van der Waals surface area (Å²) in [7, 11) is 0. The highest BCUT2D eigenvalue weighted by Crippen LogP contribution is 2.25. The highest BCUT2D eigenvalue weighted by Gasteiger charge is 2.15. The van der Waals surface area contributed by atoms with Crippen molar-refractivity contribution in [1.82, 2.24) is 0 Å². The van der Waals surface area contributed by atoms with Gasteiger partial charge in [-0.3, -0.25) is 0 Å². The lowest BCUT2D eigenvalue weighted by atomic mass is 9.98. The quantitative estimate of drug-likeness (QED) is 0.719. The van der Waals surface area contributed by atoms with Crippen molar-refractivity contribution in [2.24, 2.45) is 0 Å². The average molecular weight is 243 g/mol. The van der Waals surface area contributed by atoms with E-state index in [2.05, 4.69) is 0 Å². The molecule has 0 atom stereocenters. The van der Waals surface area contributed by atoms with E-state index >= 15 is 0 Å². The van der Waals surface area contributed by atoms with Gasteiger partial charge in [0.1, 0.15) is 11.6 Å². The summed E-state index contributed by atoms with van der Waals surface area (Å²) in [5.74, 6) is 0.658. The Morgan fingerprint density at radius 2 is 1.94 bits per heavy atom. The molecule has 1 aromatic rings. The zero-order valence-electron chi connectivity index (χ0n) is 9.22. The van der Waals surface area contributed by atoms with Gasteiger partial charge in [-0.2, -0.15) is 0 Å². The van der Waals surface area contributed by atoms with Crippen LogP contribution in [0.3, 0.4) is 0 Å². The molecule has 1 nitrogen and oxygen atoms in total. The molecular weight excluding hydrogens is 227 g/mol. The zero-order valence-corrected chi connectivity index (χ0v) is 9.97. The number of hydrogen-bond acceptors (Lipinski definition) is 1. The second kappa shape index (κ2) is 5.53. The molecule has 3 heteroatoms. The van der Waals surface area contributed by atoms with Crippen LogP contribution < -0.4 is 4.74 Å². The first-order valence-corrected chi connectivity index (χ1v) is 6.33. The standard InChI is InChI=1S/C13H16ClFO/c14-9-10-6-11(15)8-13(7-10)16-12-4-2-1-3-5-12/h6-8,12H,1-5,9H2. The van der Waals surface area contributed by atoms with Gasteiger partial charge in [-0.15, -0.1) is 11.6 Å². The molecular formula is C13H16ClFO. The molecule has 0 bridgehead atoms. The Balaban J connectivity index is 2.04. The molecule has 0 aromatic heterocycles. The summed E-state index contributed by atoms with van der Waals surface area (Å²) in [4.78, 5) is 0. The highest BCUT2D eigenvalue weighted by atomic mass is 35.5. The first kappa shape index (κ1) is 11.7. The Morgan fingerprint density at radius 1 is 1.19 bits per heavy atom. The van der Waals surface area contributed by atoms with Gasteiger partial charge in [0.2, 0.25) is 0 Å². The van der Waals surface area contributed by atoms with Gasteiger partial charge in [0.25, 0.3) is 0 Å². The maximum Gasteiger partial charge on any atom is 0.127 e. The van der Waals surface area contributed by atoms with Gasteiger partial charge in [0.15, 0.2) is 0 Å². The SMILES string of the molecule is Fc1cc(CCl)cc(OC2CCCCC2)c1. The Kier molecular flexibility index (Phi) is 4.05. The Morgan fingerprint density at radius 3 is 2.62 bits per heavy atom. The number of halogens is 2. The maximum atomic E-state index is 13.2. The largest absolute Gasteiger partial charge is 0.490 e. The van der Waals surface area contributed by atoms with Gasteiger partial charge in [0, 0.05) is 11.9 Å². The zero-order chi connectivity index (χ0) is 11.4. The van der Waals surface area contributed by atoms with Crippen molar-refractivity contribution in [3.8, 4) is 5.75 Å². The molecule has 16 heavy (non-hydrogen) atoms. The fourth-order valence-electron chi connectivity index (χ4n) is 2.14. The summed E-state index contributed by atoms with van der Waals surface area (Å²) in [5.41, 5.74) is 0.771. The Labute approximate surface area is 101 Å². The topological polar surface area (TPSA) is 9.23 Å². The van der Waals surface area contributed by atoms with Crippen molar-refractivity contribution in [3.05, 3.63) is 29.6 Å². The second-order valence-electron chi connectivity index (χ2n) is 4.31. The molecule has 0 N–H and O–H groups in total. The molecule has 1 fully saturated rings. The fourth-order valence-corrected chi connectivity index (χ4v) is 2.30. The third-order valence-corrected chi connectivity index (χ3v) is 3.25. The van der Waals surface area contributed by atoms with Gasteiger partial charge in [-0.25, -0.2) is 4.39 Å². The molecule has 1 aliphatic rings. The summed E-state index contributed by atoms with van der Waals surface area (Å²) < 4.78 is 19.0. The van der Waals surface area contributed by atoms with E-state index in [1.807, 2.05) is 6.07 Å². The van der Waals surface area contributed by atoms with Gasteiger partial charge < -0.3 is 4.74 Å². The van der Waals surface area contributed by atoms with Crippen LogP contribution in [0.1, 0.15) is 37.7 Å². The fraction of sp³-hybridized carbons (Fsp3) is 0.538. The summed E-state index contributed by atoms with van der Waals surface area (Å²) in [5, 5.41) is 0. The van der Waals surface area contributed by atoms with Crippen LogP contribution >= 0.6 is 11.6 Å². The predicted octanol–water partition coefficient (Wildman–Crippen LogP) is 4.28. The average Bonchev–Trinajstić information content (AvgIpc) is 2.29. The van der Waals surface area contributed by atoms with Crippen LogP contribution in [0.25, 0.3) is 0 Å². The van der Waals surface area contributed by atoms with E-state index in [0.717, 1.165) is 18.4 Å². The van der Waals surface area contributed by atoms with E-state index in [1.54, 1.807) is 0 Å². The Hall–Kier alpha value is -0.760. The van der Waals surface area contributed by atoms with E-state index in [4.69, 9.17) is 16.3 Å². The lowest BCUT2D eigenvalue weighted by molar-refractivity contribution is 0.154. The molecule has 0 radical (unpaired) electrons. The summed E-state index contributed by atoms with van der Waals surface area (Å²) in [6, 6.07) is 4.70. The molecule has 0 saturated heterocycles. The normalized spacial score (nSPS) is 17.4. The first-order valence-electron chi connectivity index (χ1n) is 5.80. The number of alkyl halides is 1. The minimum Gasteiger partial charge on any atom is -0.490 e. The van der Waals surface area contributed by atoms with Gasteiger partial charge >= 0.3 is 0 Å². The Bertz CT molecular complexity index is 348. The van der Waals surface area contributed by atoms with Crippen LogP contribution in [0.2, 0.25) is 0 Å². The van der Waals surface area contributed by atoms with Crippen molar-refractivity contribution in [2.75, 3.05) is 0 Å². The van der Waals surface area contributed by atoms with Gasteiger partial charge in [0.05, 0.1) is 6.10 Å². The lowest BCUT2D eigenvalue weighted by Crippen LogP contribution is -2.19. The van der Waals surface area contributed by atoms with Crippen LogP contribution in [0.15, 0.2) is 18.2 Å². The van der Waals surface area contributed by atoms with Crippen molar-refractivity contribution in [1.29, 1.82) is 0 Å².